The van der Waals surface area contributed by atoms with Gasteiger partial charge in [-0.15, -0.1) is 0 Å². The largest absolute Gasteiger partial charge is 0.313 e. The average molecular weight is 394 g/mol. The molecule has 0 saturated heterocycles. The van der Waals surface area contributed by atoms with Crippen molar-refractivity contribution in [1.82, 2.24) is 0 Å². The predicted molar refractivity (Wildman–Crippen MR) is 124 cm³/mol. The molecule has 1 atom stereocenters. The van der Waals surface area contributed by atoms with E-state index in [1.165, 1.54) is 0 Å². The normalized spacial score (nSPS) is 12.7. The zero-order valence-electron chi connectivity index (χ0n) is 16.1. The number of hydrogen-bond acceptors (Lipinski definition) is 1. The van der Waals surface area contributed by atoms with Crippen molar-refractivity contribution in [3.63, 3.8) is 0 Å². The first-order valence-corrected chi connectivity index (χ1v) is 11.6. The van der Waals surface area contributed by atoms with Crippen LogP contribution in [0.1, 0.15) is 16.8 Å². The fraction of sp³-hybridized carbons (Fsp3) is 0.0370. The van der Waals surface area contributed by atoms with Crippen LogP contribution in [0.2, 0.25) is 0 Å². The highest BCUT2D eigenvalue weighted by Crippen LogP contribution is 2.58. The van der Waals surface area contributed by atoms with Gasteiger partial charge >= 0.3 is 0 Å². The van der Waals surface area contributed by atoms with Gasteiger partial charge in [-0.1, -0.05) is 133 Å². The van der Waals surface area contributed by atoms with E-state index in [2.05, 4.69) is 36.4 Å². The summed E-state index contributed by atoms with van der Waals surface area (Å²) < 4.78 is 14.9. The maximum absolute atomic E-state index is 14.9. The van der Waals surface area contributed by atoms with Crippen LogP contribution in [0.25, 0.3) is 6.08 Å². The molecule has 0 aromatic heterocycles. The molecule has 0 radical (unpaired) electrons. The van der Waals surface area contributed by atoms with Crippen LogP contribution in [-0.4, -0.2) is 0 Å². The van der Waals surface area contributed by atoms with E-state index in [1.54, 1.807) is 0 Å². The average Bonchev–Trinajstić information content (AvgIpc) is 2.81. The molecule has 4 rings (SSSR count). The predicted octanol–water partition coefficient (Wildman–Crippen LogP) is 6.46. The minimum Gasteiger partial charge on any atom is -0.313 e. The third kappa shape index (κ3) is 4.16. The zero-order valence-corrected chi connectivity index (χ0v) is 17.0. The third-order valence-corrected chi connectivity index (χ3v) is 8.47. The van der Waals surface area contributed by atoms with Crippen LogP contribution in [0.15, 0.2) is 127 Å². The Morgan fingerprint density at radius 1 is 0.552 bits per heavy atom. The molecule has 0 fully saturated rings. The molecule has 4 aromatic rings. The standard InChI is InChI=1S/C27H23OP/c28-29(25-17-9-3-10-18-25,26-19-11-4-12-20-26)27(24-15-7-2-8-16-24)22-21-23-13-5-1-6-14-23/h1-22,27H/b22-21+. The Hall–Kier alpha value is -3.15. The topological polar surface area (TPSA) is 17.1 Å². The second kappa shape index (κ2) is 8.90. The van der Waals surface area contributed by atoms with Gasteiger partial charge in [-0.3, -0.25) is 0 Å². The lowest BCUT2D eigenvalue weighted by Crippen LogP contribution is -2.20. The Kier molecular flexibility index (Phi) is 5.89. The molecule has 2 heteroatoms. The molecule has 0 aliphatic carbocycles. The SMILES string of the molecule is O=P(c1ccccc1)(c1ccccc1)C(/C=C/c1ccccc1)c1ccccc1. The lowest BCUT2D eigenvalue weighted by molar-refractivity contribution is 0.583. The van der Waals surface area contributed by atoms with Crippen LogP contribution in [-0.2, 0) is 4.57 Å². The van der Waals surface area contributed by atoms with E-state index in [-0.39, 0.29) is 5.66 Å². The maximum Gasteiger partial charge on any atom is 0.153 e. The molecule has 0 spiro atoms. The Bertz CT molecular complexity index is 1060. The van der Waals surface area contributed by atoms with Gasteiger partial charge in [-0.25, -0.2) is 0 Å². The Labute approximate surface area is 172 Å². The molecule has 0 heterocycles. The second-order valence-corrected chi connectivity index (χ2v) is 9.86. The summed E-state index contributed by atoms with van der Waals surface area (Å²) in [5.74, 6) is 0. The van der Waals surface area contributed by atoms with E-state index in [1.807, 2.05) is 97.1 Å². The molecule has 0 N–H and O–H groups in total. The quantitative estimate of drug-likeness (QED) is 0.343. The minimum atomic E-state index is -2.98. The Morgan fingerprint density at radius 2 is 0.966 bits per heavy atom. The highest BCUT2D eigenvalue weighted by Gasteiger charge is 2.36. The van der Waals surface area contributed by atoms with E-state index in [4.69, 9.17) is 0 Å². The third-order valence-electron chi connectivity index (χ3n) is 5.08. The van der Waals surface area contributed by atoms with E-state index in [0.29, 0.717) is 0 Å². The lowest BCUT2D eigenvalue weighted by Gasteiger charge is -2.27. The van der Waals surface area contributed by atoms with Crippen molar-refractivity contribution in [1.29, 1.82) is 0 Å². The molecule has 0 aliphatic rings. The molecular formula is C27H23OP. The fourth-order valence-electron chi connectivity index (χ4n) is 3.63. The van der Waals surface area contributed by atoms with E-state index >= 15 is 0 Å². The number of benzene rings is 4. The molecule has 29 heavy (non-hydrogen) atoms. The van der Waals surface area contributed by atoms with Crippen molar-refractivity contribution in [3.8, 4) is 0 Å². The van der Waals surface area contributed by atoms with Gasteiger partial charge in [0.05, 0.1) is 5.66 Å². The molecule has 0 aliphatic heterocycles. The van der Waals surface area contributed by atoms with Gasteiger partial charge in [0, 0.05) is 10.6 Å². The first kappa shape index (κ1) is 19.2. The summed E-state index contributed by atoms with van der Waals surface area (Å²) in [6.07, 6.45) is 4.18. The fourth-order valence-corrected chi connectivity index (χ4v) is 6.72. The van der Waals surface area contributed by atoms with Crippen molar-refractivity contribution in [2.45, 2.75) is 5.66 Å². The minimum absolute atomic E-state index is 0.256. The number of rotatable bonds is 6. The van der Waals surface area contributed by atoms with Gasteiger partial charge in [-0.05, 0) is 11.1 Å². The summed E-state index contributed by atoms with van der Waals surface area (Å²) in [4.78, 5) is 0. The summed E-state index contributed by atoms with van der Waals surface area (Å²) in [5.41, 5.74) is 1.89. The van der Waals surface area contributed by atoms with Crippen LogP contribution in [0.3, 0.4) is 0 Å². The van der Waals surface area contributed by atoms with Crippen LogP contribution in [0.4, 0.5) is 0 Å². The van der Waals surface area contributed by atoms with Crippen molar-refractivity contribution in [2.24, 2.45) is 0 Å². The second-order valence-electron chi connectivity index (χ2n) is 6.95. The van der Waals surface area contributed by atoms with Gasteiger partial charge in [0.2, 0.25) is 0 Å². The highest BCUT2D eigenvalue weighted by molar-refractivity contribution is 7.79. The summed E-state index contributed by atoms with van der Waals surface area (Å²) in [7, 11) is -2.98. The maximum atomic E-state index is 14.9. The molecule has 0 saturated carbocycles. The van der Waals surface area contributed by atoms with Gasteiger partial charge in [0.15, 0.2) is 7.14 Å². The summed E-state index contributed by atoms with van der Waals surface area (Å²) in [6.45, 7) is 0. The van der Waals surface area contributed by atoms with Crippen molar-refractivity contribution < 1.29 is 4.57 Å². The van der Waals surface area contributed by atoms with Crippen LogP contribution < -0.4 is 10.6 Å². The molecule has 0 bridgehead atoms. The monoisotopic (exact) mass is 394 g/mol. The summed E-state index contributed by atoms with van der Waals surface area (Å²) >= 11 is 0. The molecule has 142 valence electrons. The first-order valence-electron chi connectivity index (χ1n) is 9.77. The van der Waals surface area contributed by atoms with Crippen molar-refractivity contribution >= 4 is 23.8 Å². The summed E-state index contributed by atoms with van der Waals surface area (Å²) in [6, 6.07) is 40.1. The van der Waals surface area contributed by atoms with E-state index < -0.39 is 7.14 Å². The molecule has 1 unspecified atom stereocenters. The van der Waals surface area contributed by atoms with Crippen molar-refractivity contribution in [3.05, 3.63) is 139 Å². The van der Waals surface area contributed by atoms with Gasteiger partial charge in [-0.2, -0.15) is 0 Å². The van der Waals surface area contributed by atoms with E-state index in [0.717, 1.165) is 21.7 Å². The highest BCUT2D eigenvalue weighted by atomic mass is 31.2. The number of hydrogen-bond donors (Lipinski definition) is 0. The Balaban J connectivity index is 1.92. The van der Waals surface area contributed by atoms with Crippen LogP contribution in [0.5, 0.6) is 0 Å². The lowest BCUT2D eigenvalue weighted by atomic mass is 10.1. The van der Waals surface area contributed by atoms with Crippen LogP contribution in [0, 0.1) is 0 Å². The molecule has 0 amide bonds. The van der Waals surface area contributed by atoms with E-state index in [9.17, 15) is 4.57 Å². The molecule has 4 aromatic carbocycles. The molecule has 1 nitrogen and oxygen atoms in total. The summed E-state index contributed by atoms with van der Waals surface area (Å²) in [5, 5.41) is 1.75. The zero-order chi connectivity index (χ0) is 19.9. The van der Waals surface area contributed by atoms with Gasteiger partial charge in [0.25, 0.3) is 0 Å². The van der Waals surface area contributed by atoms with Crippen molar-refractivity contribution in [2.75, 3.05) is 0 Å². The number of allylic oxidation sites excluding steroid dienone is 1. The van der Waals surface area contributed by atoms with Gasteiger partial charge < -0.3 is 4.57 Å². The first-order chi connectivity index (χ1) is 14.3. The van der Waals surface area contributed by atoms with Gasteiger partial charge in [0.1, 0.15) is 0 Å². The smallest absolute Gasteiger partial charge is 0.153 e. The Morgan fingerprint density at radius 3 is 1.45 bits per heavy atom. The molecular weight excluding hydrogens is 371 g/mol. The van der Waals surface area contributed by atoms with Crippen LogP contribution >= 0.6 is 7.14 Å².